The van der Waals surface area contributed by atoms with Gasteiger partial charge in [0.15, 0.2) is 0 Å². The molecule has 2 unspecified atom stereocenters. The van der Waals surface area contributed by atoms with E-state index in [1.54, 1.807) is 0 Å². The molecule has 0 bridgehead atoms. The van der Waals surface area contributed by atoms with Gasteiger partial charge >= 0.3 is 5.97 Å². The maximum atomic E-state index is 13.9. The Morgan fingerprint density at radius 1 is 1.03 bits per heavy atom. The summed E-state index contributed by atoms with van der Waals surface area (Å²) in [6.07, 6.45) is 12.2. The molecule has 0 spiro atoms. The molecule has 0 radical (unpaired) electrons. The maximum Gasteiger partial charge on any atom is 0.303 e. The Hall–Kier alpha value is -0.860. The molecular formula is C26H42O3. The predicted molar refractivity (Wildman–Crippen MR) is 115 cm³/mol. The molecule has 29 heavy (non-hydrogen) atoms. The molecular weight excluding hydrogens is 360 g/mol. The molecule has 0 heterocycles. The Balaban J connectivity index is 1.62. The molecule has 0 amide bonds. The van der Waals surface area contributed by atoms with Crippen LogP contribution in [0.4, 0.5) is 0 Å². The quantitative estimate of drug-likeness (QED) is 0.583. The largest absolute Gasteiger partial charge is 0.481 e. The highest BCUT2D eigenvalue weighted by molar-refractivity contribution is 5.86. The molecule has 4 saturated carbocycles. The number of fused-ring (bicyclic) bond motifs is 5. The average Bonchev–Trinajstić information content (AvgIpc) is 3.04. The normalized spacial score (nSPS) is 47.8. The highest BCUT2D eigenvalue weighted by Crippen LogP contribution is 2.68. The maximum absolute atomic E-state index is 13.9. The van der Waals surface area contributed by atoms with Crippen LogP contribution >= 0.6 is 0 Å². The number of hydrogen-bond donors (Lipinski definition) is 1. The average molecular weight is 403 g/mol. The lowest BCUT2D eigenvalue weighted by Crippen LogP contribution is -2.59. The fraction of sp³-hybridized carbons (Fsp3) is 0.923. The molecule has 3 nitrogen and oxygen atoms in total. The van der Waals surface area contributed by atoms with Crippen molar-refractivity contribution < 1.29 is 14.7 Å². The number of carboxylic acids is 1. The van der Waals surface area contributed by atoms with E-state index in [-0.39, 0.29) is 23.7 Å². The SMILES string of the molecule is CCC1C(=O)[C@H]2[C@@H]3CC[C@H]([C@H](C)CCC(=O)O)[C@@]3(C)CC[C@@H]2[C@@]2(C)CCCCC12. The van der Waals surface area contributed by atoms with Crippen LogP contribution in [0.1, 0.15) is 98.3 Å². The smallest absolute Gasteiger partial charge is 0.303 e. The lowest BCUT2D eigenvalue weighted by Gasteiger charge is -2.62. The lowest BCUT2D eigenvalue weighted by molar-refractivity contribution is -0.168. The van der Waals surface area contributed by atoms with E-state index >= 15 is 0 Å². The monoisotopic (exact) mass is 402 g/mol. The highest BCUT2D eigenvalue weighted by Gasteiger charge is 2.64. The summed E-state index contributed by atoms with van der Waals surface area (Å²) in [6, 6.07) is 0. The third-order valence-electron chi connectivity index (χ3n) is 10.6. The molecule has 9 atom stereocenters. The van der Waals surface area contributed by atoms with Crippen molar-refractivity contribution in [2.75, 3.05) is 0 Å². The molecule has 1 N–H and O–H groups in total. The first-order valence-electron chi connectivity index (χ1n) is 12.5. The second-order valence-electron chi connectivity index (χ2n) is 11.7. The third kappa shape index (κ3) is 3.21. The summed E-state index contributed by atoms with van der Waals surface area (Å²) in [6.45, 7) is 9.52. The zero-order chi connectivity index (χ0) is 21.0. The third-order valence-corrected chi connectivity index (χ3v) is 10.6. The molecule has 0 aliphatic heterocycles. The van der Waals surface area contributed by atoms with Crippen LogP contribution in [0.2, 0.25) is 0 Å². The second-order valence-corrected chi connectivity index (χ2v) is 11.7. The first-order chi connectivity index (χ1) is 13.7. The number of hydrogen-bond acceptors (Lipinski definition) is 2. The Morgan fingerprint density at radius 2 is 1.76 bits per heavy atom. The van der Waals surface area contributed by atoms with E-state index in [2.05, 4.69) is 27.7 Å². The summed E-state index contributed by atoms with van der Waals surface area (Å²) in [4.78, 5) is 25.0. The minimum absolute atomic E-state index is 0.227. The van der Waals surface area contributed by atoms with E-state index < -0.39 is 5.97 Å². The van der Waals surface area contributed by atoms with E-state index in [0.29, 0.717) is 40.8 Å². The van der Waals surface area contributed by atoms with Gasteiger partial charge in [0.05, 0.1) is 0 Å². The van der Waals surface area contributed by atoms with Crippen molar-refractivity contribution >= 4 is 11.8 Å². The van der Waals surface area contributed by atoms with E-state index in [1.807, 2.05) is 0 Å². The lowest BCUT2D eigenvalue weighted by atomic mass is 9.42. The number of ketones is 1. The summed E-state index contributed by atoms with van der Waals surface area (Å²) in [5.74, 6) is 3.26. The van der Waals surface area contributed by atoms with Crippen LogP contribution in [0, 0.1) is 52.3 Å². The number of rotatable bonds is 5. The summed E-state index contributed by atoms with van der Waals surface area (Å²) in [7, 11) is 0. The number of carbonyl (C=O) groups is 2. The van der Waals surface area contributed by atoms with Crippen LogP contribution in [0.25, 0.3) is 0 Å². The molecule has 164 valence electrons. The van der Waals surface area contributed by atoms with Crippen molar-refractivity contribution in [1.29, 1.82) is 0 Å². The Labute approximate surface area is 177 Å². The molecule has 3 heteroatoms. The van der Waals surface area contributed by atoms with Crippen LogP contribution in [-0.4, -0.2) is 16.9 Å². The van der Waals surface area contributed by atoms with Gasteiger partial charge in [0.1, 0.15) is 5.78 Å². The van der Waals surface area contributed by atoms with Crippen LogP contribution < -0.4 is 0 Å². The minimum Gasteiger partial charge on any atom is -0.481 e. The molecule has 0 saturated heterocycles. The van der Waals surface area contributed by atoms with E-state index in [0.717, 1.165) is 12.8 Å². The van der Waals surface area contributed by atoms with Gasteiger partial charge in [-0.15, -0.1) is 0 Å². The van der Waals surface area contributed by atoms with Gasteiger partial charge in [-0.1, -0.05) is 40.5 Å². The highest BCUT2D eigenvalue weighted by atomic mass is 16.4. The first-order valence-corrected chi connectivity index (χ1v) is 12.5. The van der Waals surface area contributed by atoms with Crippen molar-refractivity contribution in [3.8, 4) is 0 Å². The van der Waals surface area contributed by atoms with Gasteiger partial charge in [-0.05, 0) is 91.8 Å². The topological polar surface area (TPSA) is 54.4 Å². The molecule has 4 aliphatic carbocycles. The zero-order valence-corrected chi connectivity index (χ0v) is 19.1. The van der Waals surface area contributed by atoms with Crippen LogP contribution in [0.15, 0.2) is 0 Å². The number of carbonyl (C=O) groups excluding carboxylic acids is 1. The summed E-state index contributed by atoms with van der Waals surface area (Å²) >= 11 is 0. The number of aliphatic carboxylic acids is 1. The molecule has 4 rings (SSSR count). The predicted octanol–water partition coefficient (Wildman–Crippen LogP) is 6.35. The van der Waals surface area contributed by atoms with Gasteiger partial charge in [0.2, 0.25) is 0 Å². The van der Waals surface area contributed by atoms with Gasteiger partial charge in [0, 0.05) is 18.3 Å². The number of Topliss-reactive ketones (excluding diaryl/α,β-unsaturated/α-hetero) is 1. The van der Waals surface area contributed by atoms with Gasteiger partial charge < -0.3 is 5.11 Å². The van der Waals surface area contributed by atoms with Gasteiger partial charge in [-0.2, -0.15) is 0 Å². The van der Waals surface area contributed by atoms with Crippen LogP contribution in [-0.2, 0) is 9.59 Å². The molecule has 0 aromatic heterocycles. The molecule has 4 aliphatic rings. The van der Waals surface area contributed by atoms with Crippen LogP contribution in [0.3, 0.4) is 0 Å². The van der Waals surface area contributed by atoms with Gasteiger partial charge in [-0.3, -0.25) is 9.59 Å². The fourth-order valence-electron chi connectivity index (χ4n) is 9.24. The van der Waals surface area contributed by atoms with Crippen molar-refractivity contribution in [2.45, 2.75) is 98.3 Å². The second kappa shape index (κ2) is 7.68. The van der Waals surface area contributed by atoms with Crippen molar-refractivity contribution in [3.63, 3.8) is 0 Å². The van der Waals surface area contributed by atoms with Gasteiger partial charge in [0.25, 0.3) is 0 Å². The molecule has 0 aromatic carbocycles. The summed E-state index contributed by atoms with van der Waals surface area (Å²) in [5, 5.41) is 9.14. The van der Waals surface area contributed by atoms with Crippen molar-refractivity contribution in [2.24, 2.45) is 52.3 Å². The zero-order valence-electron chi connectivity index (χ0n) is 19.1. The Bertz CT molecular complexity index is 656. The van der Waals surface area contributed by atoms with E-state index in [1.165, 1.54) is 51.4 Å². The Kier molecular flexibility index (Phi) is 5.66. The molecule has 4 fully saturated rings. The van der Waals surface area contributed by atoms with Crippen molar-refractivity contribution in [1.82, 2.24) is 0 Å². The van der Waals surface area contributed by atoms with E-state index in [4.69, 9.17) is 5.11 Å². The molecule has 0 aromatic rings. The minimum atomic E-state index is -0.676. The van der Waals surface area contributed by atoms with Crippen molar-refractivity contribution in [3.05, 3.63) is 0 Å². The number of carboxylic acid groups (broad SMARTS) is 1. The van der Waals surface area contributed by atoms with Gasteiger partial charge in [-0.25, -0.2) is 0 Å². The first kappa shape index (κ1) is 21.4. The fourth-order valence-corrected chi connectivity index (χ4v) is 9.24. The standard InChI is InChI=1S/C26H42O3/c1-5-17-19-8-6-7-14-25(19,3)21-13-15-26(4)18(16(2)9-12-22(27)28)10-11-20(26)23(21)24(17)29/h16-21,23H,5-15H2,1-4H3,(H,27,28)/t16-,17?,18-,19?,20+,21+,23+,25+,26-/m1/s1. The summed E-state index contributed by atoms with van der Waals surface area (Å²) < 4.78 is 0. The summed E-state index contributed by atoms with van der Waals surface area (Å²) in [5.41, 5.74) is 0.594. The van der Waals surface area contributed by atoms with Crippen LogP contribution in [0.5, 0.6) is 0 Å². The Morgan fingerprint density at radius 3 is 2.45 bits per heavy atom. The van der Waals surface area contributed by atoms with E-state index in [9.17, 15) is 9.59 Å².